The topological polar surface area (TPSA) is 95.9 Å². The monoisotopic (exact) mass is 447 g/mol. The third-order valence-corrected chi connectivity index (χ3v) is 4.61. The van der Waals surface area contributed by atoms with Crippen molar-refractivity contribution in [3.63, 3.8) is 0 Å². The quantitative estimate of drug-likeness (QED) is 0.464. The molecule has 2 rings (SSSR count). The van der Waals surface area contributed by atoms with Gasteiger partial charge in [0, 0.05) is 21.8 Å². The number of nitrogens with one attached hydrogen (secondary N) is 1. The number of aliphatic carboxylic acids is 1. The Bertz CT molecular complexity index is 838. The number of benzene rings is 2. The molecule has 0 heterocycles. The minimum absolute atomic E-state index is 0.0219. The summed E-state index contributed by atoms with van der Waals surface area (Å²) >= 11 is 3.37. The number of hydrogen-bond acceptors (Lipinski definition) is 4. The number of allylic oxidation sites excluding steroid dienone is 1. The van der Waals surface area contributed by atoms with Gasteiger partial charge in [0.05, 0.1) is 0 Å². The second-order valence-electron chi connectivity index (χ2n) is 6.32. The Labute approximate surface area is 172 Å². The first-order valence-corrected chi connectivity index (χ1v) is 9.56. The van der Waals surface area contributed by atoms with E-state index in [9.17, 15) is 14.7 Å². The van der Waals surface area contributed by atoms with Crippen molar-refractivity contribution in [1.29, 1.82) is 0 Å². The number of ether oxygens (including phenoxy) is 1. The number of hydrogen-bond donors (Lipinski definition) is 3. The molecule has 2 aromatic rings. The van der Waals surface area contributed by atoms with Gasteiger partial charge in [0.15, 0.2) is 0 Å². The molecule has 7 heteroatoms. The van der Waals surface area contributed by atoms with Crippen LogP contribution in [0.1, 0.15) is 31.4 Å². The van der Waals surface area contributed by atoms with Crippen molar-refractivity contribution >= 4 is 33.7 Å². The predicted octanol–water partition coefficient (Wildman–Crippen LogP) is 5.50. The fourth-order valence-electron chi connectivity index (χ4n) is 2.72. The lowest BCUT2D eigenvalue weighted by molar-refractivity contribution is -0.131. The van der Waals surface area contributed by atoms with Crippen LogP contribution < -0.4 is 5.32 Å². The molecule has 3 N–H and O–H groups in total. The molecule has 0 unspecified atom stereocenters. The highest BCUT2D eigenvalue weighted by molar-refractivity contribution is 9.10. The van der Waals surface area contributed by atoms with E-state index < -0.39 is 18.2 Å². The molecule has 0 radical (unpaired) electrons. The number of aromatic hydroxyl groups is 1. The minimum atomic E-state index is -1.01. The van der Waals surface area contributed by atoms with Crippen LogP contribution in [0.5, 0.6) is 5.75 Å². The predicted molar refractivity (Wildman–Crippen MR) is 110 cm³/mol. The number of phenolic OH excluding ortho intramolecular Hbond substituents is 1. The van der Waals surface area contributed by atoms with Crippen LogP contribution in [0, 0.1) is 5.92 Å². The van der Waals surface area contributed by atoms with Crippen LogP contribution in [-0.2, 0) is 9.53 Å². The Morgan fingerprint density at radius 3 is 2.61 bits per heavy atom. The van der Waals surface area contributed by atoms with E-state index in [0.717, 1.165) is 10.5 Å². The molecule has 28 heavy (non-hydrogen) atoms. The maximum absolute atomic E-state index is 12.4. The van der Waals surface area contributed by atoms with E-state index in [2.05, 4.69) is 21.2 Å². The van der Waals surface area contributed by atoms with Crippen molar-refractivity contribution in [1.82, 2.24) is 0 Å². The lowest BCUT2D eigenvalue weighted by atomic mass is 9.92. The zero-order valence-electron chi connectivity index (χ0n) is 15.3. The average molecular weight is 448 g/mol. The Morgan fingerprint density at radius 2 is 1.93 bits per heavy atom. The smallest absolute Gasteiger partial charge is 0.412 e. The van der Waals surface area contributed by atoms with E-state index in [0.29, 0.717) is 24.1 Å². The minimum Gasteiger partial charge on any atom is -0.508 e. The van der Waals surface area contributed by atoms with E-state index in [1.807, 2.05) is 13.0 Å². The molecule has 148 valence electrons. The maximum atomic E-state index is 12.4. The van der Waals surface area contributed by atoms with Crippen LogP contribution in [0.25, 0.3) is 0 Å². The number of phenols is 1. The van der Waals surface area contributed by atoms with E-state index in [4.69, 9.17) is 9.84 Å². The summed E-state index contributed by atoms with van der Waals surface area (Å²) < 4.78 is 6.39. The number of amides is 1. The first kappa shape index (κ1) is 21.5. The summed E-state index contributed by atoms with van der Waals surface area (Å²) in [5.74, 6) is -1.15. The lowest BCUT2D eigenvalue weighted by Gasteiger charge is -2.25. The molecule has 0 spiro atoms. The summed E-state index contributed by atoms with van der Waals surface area (Å²) in [6.07, 6.45) is 2.37. The van der Waals surface area contributed by atoms with Gasteiger partial charge >= 0.3 is 12.1 Å². The van der Waals surface area contributed by atoms with E-state index >= 15 is 0 Å². The molecule has 1 amide bonds. The van der Waals surface area contributed by atoms with Crippen LogP contribution in [0.15, 0.2) is 65.2 Å². The van der Waals surface area contributed by atoms with E-state index in [1.165, 1.54) is 6.07 Å². The highest BCUT2D eigenvalue weighted by Gasteiger charge is 2.26. The Morgan fingerprint density at radius 1 is 1.21 bits per heavy atom. The summed E-state index contributed by atoms with van der Waals surface area (Å²) in [4.78, 5) is 23.0. The van der Waals surface area contributed by atoms with Gasteiger partial charge in [-0.15, -0.1) is 0 Å². The van der Waals surface area contributed by atoms with Gasteiger partial charge in [-0.2, -0.15) is 0 Å². The number of carboxylic acids is 1. The summed E-state index contributed by atoms with van der Waals surface area (Å²) in [7, 11) is 0. The molecule has 2 atom stereocenters. The van der Waals surface area contributed by atoms with Crippen LogP contribution in [0.4, 0.5) is 10.5 Å². The first-order chi connectivity index (χ1) is 13.4. The molecular formula is C21H22BrNO5. The van der Waals surface area contributed by atoms with Gasteiger partial charge in [0.1, 0.15) is 11.9 Å². The number of anilines is 1. The fraction of sp³-hybridized carbons (Fsp3) is 0.238. The molecular weight excluding hydrogens is 426 g/mol. The molecule has 0 aliphatic heterocycles. The number of para-hydroxylation sites is 1. The number of carboxylic acid groups (broad SMARTS) is 1. The zero-order valence-corrected chi connectivity index (χ0v) is 16.9. The largest absolute Gasteiger partial charge is 0.508 e. The third kappa shape index (κ3) is 6.74. The maximum Gasteiger partial charge on any atom is 0.412 e. The van der Waals surface area contributed by atoms with Crippen molar-refractivity contribution in [3.05, 3.63) is 70.7 Å². The van der Waals surface area contributed by atoms with Crippen LogP contribution in [0.2, 0.25) is 0 Å². The van der Waals surface area contributed by atoms with Crippen molar-refractivity contribution in [3.8, 4) is 5.75 Å². The van der Waals surface area contributed by atoms with E-state index in [1.54, 1.807) is 42.5 Å². The Kier molecular flexibility index (Phi) is 8.07. The molecule has 0 aliphatic rings. The second kappa shape index (κ2) is 10.5. The van der Waals surface area contributed by atoms with Crippen molar-refractivity contribution < 1.29 is 24.5 Å². The lowest BCUT2D eigenvalue weighted by Crippen LogP contribution is -2.22. The number of carbonyl (C=O) groups is 2. The molecule has 6 nitrogen and oxygen atoms in total. The van der Waals surface area contributed by atoms with Crippen LogP contribution in [0.3, 0.4) is 0 Å². The summed E-state index contributed by atoms with van der Waals surface area (Å²) in [5.41, 5.74) is 1.08. The molecule has 0 bridgehead atoms. The Balaban J connectivity index is 2.16. The third-order valence-electron chi connectivity index (χ3n) is 4.12. The highest BCUT2D eigenvalue weighted by atomic mass is 79.9. The molecule has 0 aromatic heterocycles. The van der Waals surface area contributed by atoms with E-state index in [-0.39, 0.29) is 11.7 Å². The van der Waals surface area contributed by atoms with Gasteiger partial charge in [-0.25, -0.2) is 9.59 Å². The average Bonchev–Trinajstić information content (AvgIpc) is 2.66. The van der Waals surface area contributed by atoms with Crippen molar-refractivity contribution in [2.75, 3.05) is 5.32 Å². The standard InChI is InChI=1S/C21H22BrNO5/c1-14(7-5-6-10-19(25)26)20(17-13-15(22)11-12-18(17)24)28-21(27)23-16-8-3-2-4-9-16/h2-4,6,8-14,20,24H,5,7H2,1H3,(H,23,27)(H,25,26)/b10-6+/t14-,20+/m0/s1. The van der Waals surface area contributed by atoms with Gasteiger partial charge in [0.2, 0.25) is 0 Å². The van der Waals surface area contributed by atoms with Gasteiger partial charge in [0.25, 0.3) is 0 Å². The first-order valence-electron chi connectivity index (χ1n) is 8.77. The molecule has 0 saturated carbocycles. The van der Waals surface area contributed by atoms with Crippen LogP contribution >= 0.6 is 15.9 Å². The fourth-order valence-corrected chi connectivity index (χ4v) is 3.10. The van der Waals surface area contributed by atoms with Crippen molar-refractivity contribution in [2.45, 2.75) is 25.9 Å². The number of halogens is 1. The zero-order chi connectivity index (χ0) is 20.5. The van der Waals surface area contributed by atoms with Gasteiger partial charge < -0.3 is 14.9 Å². The van der Waals surface area contributed by atoms with Crippen molar-refractivity contribution in [2.24, 2.45) is 5.92 Å². The van der Waals surface area contributed by atoms with Gasteiger partial charge in [-0.05, 0) is 49.1 Å². The molecule has 2 aromatic carbocycles. The van der Waals surface area contributed by atoms with Crippen LogP contribution in [-0.4, -0.2) is 22.3 Å². The second-order valence-corrected chi connectivity index (χ2v) is 7.23. The molecule has 0 saturated heterocycles. The summed E-state index contributed by atoms with van der Waals surface area (Å²) in [5, 5.41) is 21.6. The number of rotatable bonds is 8. The summed E-state index contributed by atoms with van der Waals surface area (Å²) in [6.45, 7) is 1.88. The number of carbonyl (C=O) groups excluding carboxylic acids is 1. The SMILES string of the molecule is C[C@@H](CC/C=C/C(=O)O)[C@@H](OC(=O)Nc1ccccc1)c1cc(Br)ccc1O. The Hall–Kier alpha value is -2.80. The van der Waals surface area contributed by atoms with Gasteiger partial charge in [-0.3, -0.25) is 5.32 Å². The normalized spacial score (nSPS) is 13.1. The molecule has 0 fully saturated rings. The summed E-state index contributed by atoms with van der Waals surface area (Å²) in [6, 6.07) is 13.8. The molecule has 0 aliphatic carbocycles. The highest BCUT2D eigenvalue weighted by Crippen LogP contribution is 2.36. The van der Waals surface area contributed by atoms with Gasteiger partial charge in [-0.1, -0.05) is 47.1 Å².